The van der Waals surface area contributed by atoms with Gasteiger partial charge in [0.25, 0.3) is 0 Å². The first-order valence-corrected chi connectivity index (χ1v) is 6.68. The highest BCUT2D eigenvalue weighted by Crippen LogP contribution is 2.28. The third-order valence-corrected chi connectivity index (χ3v) is 3.12. The van der Waals surface area contributed by atoms with E-state index in [9.17, 15) is 0 Å². The van der Waals surface area contributed by atoms with Crippen LogP contribution in [-0.2, 0) is 17.8 Å². The second kappa shape index (κ2) is 6.77. The number of nitrogens with zero attached hydrogens (tertiary/aromatic N) is 2. The molecule has 1 saturated carbocycles. The molecule has 4 nitrogen and oxygen atoms in total. The summed E-state index contributed by atoms with van der Waals surface area (Å²) in [5.74, 6) is 1.99. The van der Waals surface area contributed by atoms with E-state index in [2.05, 4.69) is 21.8 Å². The lowest BCUT2D eigenvalue weighted by Gasteiger charge is -2.07. The van der Waals surface area contributed by atoms with Crippen molar-refractivity contribution in [1.82, 2.24) is 14.9 Å². The van der Waals surface area contributed by atoms with Crippen molar-refractivity contribution < 1.29 is 4.74 Å². The van der Waals surface area contributed by atoms with Crippen molar-refractivity contribution in [1.29, 1.82) is 0 Å². The molecule has 1 N–H and O–H groups in total. The van der Waals surface area contributed by atoms with Crippen LogP contribution in [0.4, 0.5) is 0 Å². The molecule has 0 aromatic carbocycles. The fourth-order valence-electron chi connectivity index (χ4n) is 1.83. The van der Waals surface area contributed by atoms with Gasteiger partial charge in [0.05, 0.1) is 6.54 Å². The van der Waals surface area contributed by atoms with Crippen molar-refractivity contribution in [2.24, 2.45) is 5.92 Å². The molecule has 0 atom stereocenters. The van der Waals surface area contributed by atoms with E-state index in [1.54, 1.807) is 0 Å². The number of ether oxygens (including phenoxy) is 1. The molecule has 1 aromatic rings. The largest absolute Gasteiger partial charge is 0.381 e. The Labute approximate surface area is 103 Å². The third kappa shape index (κ3) is 4.48. The summed E-state index contributed by atoms with van der Waals surface area (Å²) in [7, 11) is 0. The normalized spacial score (nSPS) is 15.4. The van der Waals surface area contributed by atoms with Gasteiger partial charge in [0, 0.05) is 32.2 Å². The minimum Gasteiger partial charge on any atom is -0.381 e. The average Bonchev–Trinajstić information content (AvgIpc) is 3.05. The lowest BCUT2D eigenvalue weighted by Crippen LogP contribution is -2.19. The Morgan fingerprint density at radius 1 is 1.53 bits per heavy atom. The summed E-state index contributed by atoms with van der Waals surface area (Å²) in [6.45, 7) is 6.83. The standard InChI is InChI=1S/C13H23N3O/c1-2-16-8-7-15-13(16)10-14-6-3-9-17-11-12-4-5-12/h7-8,12,14H,2-6,9-11H2,1H3. The minimum absolute atomic E-state index is 0.851. The zero-order valence-corrected chi connectivity index (χ0v) is 10.7. The molecule has 1 fully saturated rings. The van der Waals surface area contributed by atoms with Crippen molar-refractivity contribution >= 4 is 0 Å². The summed E-state index contributed by atoms with van der Waals surface area (Å²) in [6, 6.07) is 0. The first kappa shape index (κ1) is 12.6. The maximum absolute atomic E-state index is 5.58. The van der Waals surface area contributed by atoms with E-state index in [-0.39, 0.29) is 0 Å². The number of imidazole rings is 1. The fourth-order valence-corrected chi connectivity index (χ4v) is 1.83. The summed E-state index contributed by atoms with van der Waals surface area (Å²) in [5, 5.41) is 3.40. The number of rotatable bonds is 9. The van der Waals surface area contributed by atoms with Gasteiger partial charge < -0.3 is 14.6 Å². The number of aromatic nitrogens is 2. The number of hydrogen-bond donors (Lipinski definition) is 1. The van der Waals surface area contributed by atoms with E-state index < -0.39 is 0 Å². The quantitative estimate of drug-likeness (QED) is 0.666. The van der Waals surface area contributed by atoms with Gasteiger partial charge in [0.1, 0.15) is 5.82 Å². The zero-order chi connectivity index (χ0) is 11.9. The predicted molar refractivity (Wildman–Crippen MR) is 67.8 cm³/mol. The van der Waals surface area contributed by atoms with Crippen molar-refractivity contribution in [2.45, 2.75) is 39.3 Å². The van der Waals surface area contributed by atoms with Crippen molar-refractivity contribution in [2.75, 3.05) is 19.8 Å². The van der Waals surface area contributed by atoms with Crippen LogP contribution in [0.2, 0.25) is 0 Å². The Morgan fingerprint density at radius 2 is 2.41 bits per heavy atom. The van der Waals surface area contributed by atoms with Crippen LogP contribution in [0.15, 0.2) is 12.4 Å². The van der Waals surface area contributed by atoms with E-state index in [1.165, 1.54) is 12.8 Å². The molecule has 0 unspecified atom stereocenters. The lowest BCUT2D eigenvalue weighted by atomic mass is 10.4. The molecule has 1 aromatic heterocycles. The Morgan fingerprint density at radius 3 is 3.18 bits per heavy atom. The molecule has 1 heterocycles. The first-order valence-electron chi connectivity index (χ1n) is 6.68. The minimum atomic E-state index is 0.851. The van der Waals surface area contributed by atoms with Gasteiger partial charge >= 0.3 is 0 Å². The van der Waals surface area contributed by atoms with E-state index in [0.29, 0.717) is 0 Å². The van der Waals surface area contributed by atoms with Gasteiger partial charge in [-0.3, -0.25) is 0 Å². The molecule has 1 aliphatic rings. The van der Waals surface area contributed by atoms with Crippen molar-refractivity contribution in [3.63, 3.8) is 0 Å². The maximum Gasteiger partial charge on any atom is 0.122 e. The molecule has 0 radical (unpaired) electrons. The van der Waals surface area contributed by atoms with Crippen molar-refractivity contribution in [3.05, 3.63) is 18.2 Å². The van der Waals surface area contributed by atoms with Crippen LogP contribution in [0.5, 0.6) is 0 Å². The van der Waals surface area contributed by atoms with Gasteiger partial charge in [0.2, 0.25) is 0 Å². The Kier molecular flexibility index (Phi) is 5.01. The molecular formula is C13H23N3O. The highest BCUT2D eigenvalue weighted by molar-refractivity contribution is 4.91. The fraction of sp³-hybridized carbons (Fsp3) is 0.769. The molecule has 0 saturated heterocycles. The van der Waals surface area contributed by atoms with Crippen LogP contribution < -0.4 is 5.32 Å². The van der Waals surface area contributed by atoms with Crippen LogP contribution in [0.3, 0.4) is 0 Å². The summed E-state index contributed by atoms with van der Waals surface area (Å²) in [5.41, 5.74) is 0. The number of hydrogen-bond acceptors (Lipinski definition) is 3. The molecule has 4 heteroatoms. The second-order valence-electron chi connectivity index (χ2n) is 4.68. The van der Waals surface area contributed by atoms with Gasteiger partial charge in [0.15, 0.2) is 0 Å². The van der Waals surface area contributed by atoms with E-state index >= 15 is 0 Å². The molecular weight excluding hydrogens is 214 g/mol. The van der Waals surface area contributed by atoms with E-state index in [4.69, 9.17) is 4.74 Å². The van der Waals surface area contributed by atoms with Gasteiger partial charge in [-0.1, -0.05) is 0 Å². The van der Waals surface area contributed by atoms with Crippen molar-refractivity contribution in [3.8, 4) is 0 Å². The smallest absolute Gasteiger partial charge is 0.122 e. The van der Waals surface area contributed by atoms with Gasteiger partial charge in [-0.2, -0.15) is 0 Å². The highest BCUT2D eigenvalue weighted by atomic mass is 16.5. The highest BCUT2D eigenvalue weighted by Gasteiger charge is 2.20. The summed E-state index contributed by atoms with van der Waals surface area (Å²) in [6.07, 6.45) is 7.71. The maximum atomic E-state index is 5.58. The molecule has 0 spiro atoms. The average molecular weight is 237 g/mol. The lowest BCUT2D eigenvalue weighted by molar-refractivity contribution is 0.122. The van der Waals surface area contributed by atoms with Crippen LogP contribution in [0, 0.1) is 5.92 Å². The van der Waals surface area contributed by atoms with Gasteiger partial charge in [-0.15, -0.1) is 0 Å². The predicted octanol–water partition coefficient (Wildman–Crippen LogP) is 1.81. The Balaban J connectivity index is 1.47. The monoisotopic (exact) mass is 237 g/mol. The summed E-state index contributed by atoms with van der Waals surface area (Å²) < 4.78 is 7.74. The summed E-state index contributed by atoms with van der Waals surface area (Å²) >= 11 is 0. The Hall–Kier alpha value is -0.870. The topological polar surface area (TPSA) is 39.1 Å². The first-order chi connectivity index (χ1) is 8.40. The molecule has 2 rings (SSSR count). The van der Waals surface area contributed by atoms with Crippen LogP contribution >= 0.6 is 0 Å². The molecule has 0 aliphatic heterocycles. The van der Waals surface area contributed by atoms with E-state index in [0.717, 1.165) is 51.0 Å². The van der Waals surface area contributed by atoms with Gasteiger partial charge in [-0.25, -0.2) is 4.98 Å². The van der Waals surface area contributed by atoms with Gasteiger partial charge in [-0.05, 0) is 38.6 Å². The molecule has 1 aliphatic carbocycles. The second-order valence-corrected chi connectivity index (χ2v) is 4.68. The van der Waals surface area contributed by atoms with Crippen LogP contribution in [0.25, 0.3) is 0 Å². The number of nitrogens with one attached hydrogen (secondary N) is 1. The zero-order valence-electron chi connectivity index (χ0n) is 10.7. The Bertz CT molecular complexity index is 320. The third-order valence-electron chi connectivity index (χ3n) is 3.12. The molecule has 17 heavy (non-hydrogen) atoms. The molecule has 0 bridgehead atoms. The van der Waals surface area contributed by atoms with Crippen LogP contribution in [0.1, 0.15) is 32.0 Å². The van der Waals surface area contributed by atoms with Crippen LogP contribution in [-0.4, -0.2) is 29.3 Å². The molecule has 96 valence electrons. The van der Waals surface area contributed by atoms with E-state index in [1.807, 2.05) is 12.4 Å². The molecule has 0 amide bonds. The number of aryl methyl sites for hydroxylation is 1. The SMILES string of the molecule is CCn1ccnc1CNCCCOCC1CC1. The summed E-state index contributed by atoms with van der Waals surface area (Å²) in [4.78, 5) is 4.32.